The summed E-state index contributed by atoms with van der Waals surface area (Å²) in [4.78, 5) is 0. The highest BCUT2D eigenvalue weighted by atomic mass is 16.5. The summed E-state index contributed by atoms with van der Waals surface area (Å²) < 4.78 is 16.4. The van der Waals surface area contributed by atoms with Gasteiger partial charge in [0.2, 0.25) is 0 Å². The smallest absolute Gasteiger partial charge is 0.335 e. The second-order valence-electron chi connectivity index (χ2n) is 7.23. The van der Waals surface area contributed by atoms with Gasteiger partial charge in [-0.1, -0.05) is 24.3 Å². The maximum absolute atomic E-state index is 9.69. The first kappa shape index (κ1) is 27.1. The molecular weight excluding hydrogens is 426 g/mol. The minimum atomic E-state index is -0.838. The van der Waals surface area contributed by atoms with Gasteiger partial charge in [0, 0.05) is 39.1 Å². The van der Waals surface area contributed by atoms with Crippen LogP contribution in [-0.2, 0) is 4.65 Å². The van der Waals surface area contributed by atoms with Crippen LogP contribution >= 0.6 is 0 Å². The van der Waals surface area contributed by atoms with Crippen LogP contribution < -0.4 is 31.9 Å². The second kappa shape index (κ2) is 14.9. The van der Waals surface area contributed by atoms with Crippen LogP contribution in [0.1, 0.15) is 36.2 Å². The Hall–Kier alpha value is -2.11. The van der Waals surface area contributed by atoms with Gasteiger partial charge in [-0.25, -0.2) is 0 Å². The average Bonchev–Trinajstić information content (AvgIpc) is 3.28. The van der Waals surface area contributed by atoms with Crippen molar-refractivity contribution in [2.24, 2.45) is 11.5 Å². The van der Waals surface area contributed by atoms with Crippen molar-refractivity contribution < 1.29 is 34.5 Å². The van der Waals surface area contributed by atoms with E-state index < -0.39 is 6.10 Å². The van der Waals surface area contributed by atoms with Gasteiger partial charge in [-0.3, -0.25) is 0 Å². The van der Waals surface area contributed by atoms with Crippen molar-refractivity contribution in [3.8, 4) is 11.5 Å². The van der Waals surface area contributed by atoms with E-state index in [1.165, 1.54) is 0 Å². The van der Waals surface area contributed by atoms with Crippen LogP contribution in [0.4, 0.5) is 0 Å². The third-order valence-electron chi connectivity index (χ3n) is 4.94. The highest BCUT2D eigenvalue weighted by Crippen LogP contribution is 2.24. The van der Waals surface area contributed by atoms with E-state index in [0.717, 1.165) is 24.3 Å². The zero-order chi connectivity index (χ0) is 24.1. The molecule has 0 saturated heterocycles. The first-order valence-electron chi connectivity index (χ1n) is 10.9. The summed E-state index contributed by atoms with van der Waals surface area (Å²) in [7, 11) is 2.59. The van der Waals surface area contributed by atoms with E-state index in [-0.39, 0.29) is 25.9 Å². The summed E-state index contributed by atoms with van der Waals surface area (Å²) in [6.45, 7) is 1.57. The summed E-state index contributed by atoms with van der Waals surface area (Å²) in [5.41, 5.74) is 14.0. The Kier molecular flexibility index (Phi) is 12.3. The number of nitrogens with two attached hydrogens (primary N) is 2. The monoisotopic (exact) mass is 458 g/mol. The van der Waals surface area contributed by atoms with E-state index in [2.05, 4.69) is 0 Å². The van der Waals surface area contributed by atoms with E-state index in [4.69, 9.17) is 35.8 Å². The van der Waals surface area contributed by atoms with Gasteiger partial charge in [-0.2, -0.15) is 0 Å². The van der Waals surface area contributed by atoms with E-state index >= 15 is 0 Å². The van der Waals surface area contributed by atoms with Crippen molar-refractivity contribution >= 4 is 25.9 Å². The number of hydrogen-bond acceptors (Lipinski definition) is 9. The largest absolute Gasteiger partial charge is 0.494 e. The molecule has 0 bridgehead atoms. The molecule has 1 aliphatic heterocycles. The van der Waals surface area contributed by atoms with Crippen LogP contribution in [0.5, 0.6) is 11.5 Å². The number of aliphatic hydroxyl groups excluding tert-OH is 3. The Bertz CT molecular complexity index is 844. The van der Waals surface area contributed by atoms with Crippen molar-refractivity contribution in [2.45, 2.75) is 25.0 Å². The zero-order valence-electron chi connectivity index (χ0n) is 18.6. The number of aliphatic hydroxyl groups is 3. The number of rotatable bonds is 12. The van der Waals surface area contributed by atoms with Crippen LogP contribution in [-0.4, -0.2) is 74.8 Å². The normalized spacial score (nSPS) is 15.0. The molecule has 178 valence electrons. The van der Waals surface area contributed by atoms with Crippen molar-refractivity contribution in [3.05, 3.63) is 47.5 Å². The van der Waals surface area contributed by atoms with Crippen molar-refractivity contribution in [1.82, 2.24) is 0 Å². The zero-order valence-corrected chi connectivity index (χ0v) is 18.6. The molecule has 0 fully saturated rings. The number of benzene rings is 2. The maximum atomic E-state index is 9.69. The van der Waals surface area contributed by atoms with Crippen molar-refractivity contribution in [3.63, 3.8) is 0 Å². The quantitative estimate of drug-likeness (QED) is 0.163. The summed E-state index contributed by atoms with van der Waals surface area (Å²) >= 11 is 0. The number of ether oxygens (including phenoxy) is 2. The molecule has 11 heteroatoms. The van der Waals surface area contributed by atoms with Gasteiger partial charge in [0.1, 0.15) is 11.5 Å². The third kappa shape index (κ3) is 7.72. The van der Waals surface area contributed by atoms with Crippen LogP contribution in [0.3, 0.4) is 0 Å². The molecule has 33 heavy (non-hydrogen) atoms. The Balaban J connectivity index is 0.000000234. The molecule has 0 aliphatic carbocycles. The van der Waals surface area contributed by atoms with Crippen LogP contribution in [0.2, 0.25) is 0 Å². The molecular formula is C22H32B2N2O7. The fourth-order valence-electron chi connectivity index (χ4n) is 3.24. The van der Waals surface area contributed by atoms with Gasteiger partial charge in [-0.15, -0.1) is 0 Å². The SMILES string of the molecule is NCC(O)c1cccc(OCCCO)c1[B]O.NCC1O[B]c2c(OCCCO)cccc21. The molecule has 1 aliphatic rings. The molecule has 3 rings (SSSR count). The Labute approximate surface area is 195 Å². The number of fused-ring (bicyclic) bond motifs is 1. The summed E-state index contributed by atoms with van der Waals surface area (Å²) in [5.74, 6) is 1.26. The molecule has 2 atom stereocenters. The van der Waals surface area contributed by atoms with Crippen LogP contribution in [0, 0.1) is 0 Å². The van der Waals surface area contributed by atoms with Gasteiger partial charge in [0.05, 0.1) is 25.4 Å². The van der Waals surface area contributed by atoms with Crippen molar-refractivity contribution in [2.75, 3.05) is 39.5 Å². The van der Waals surface area contributed by atoms with Gasteiger partial charge >= 0.3 is 15.0 Å². The highest BCUT2D eigenvalue weighted by Gasteiger charge is 2.26. The van der Waals surface area contributed by atoms with Crippen LogP contribution in [0.15, 0.2) is 36.4 Å². The van der Waals surface area contributed by atoms with E-state index in [1.54, 1.807) is 25.7 Å². The fraction of sp³-hybridized carbons (Fsp3) is 0.455. The Morgan fingerprint density at radius 1 is 1.00 bits per heavy atom. The second-order valence-corrected chi connectivity index (χ2v) is 7.23. The third-order valence-corrected chi connectivity index (χ3v) is 4.94. The molecule has 2 unspecified atom stereocenters. The first-order chi connectivity index (χ1) is 16.1. The van der Waals surface area contributed by atoms with Gasteiger partial charge < -0.3 is 45.9 Å². The van der Waals surface area contributed by atoms with E-state index in [9.17, 15) is 10.1 Å². The van der Waals surface area contributed by atoms with E-state index in [0.29, 0.717) is 49.4 Å². The molecule has 2 aromatic carbocycles. The number of hydrogen-bond donors (Lipinski definition) is 6. The summed E-state index contributed by atoms with van der Waals surface area (Å²) in [6.07, 6.45) is 0.241. The lowest BCUT2D eigenvalue weighted by Crippen LogP contribution is -2.27. The molecule has 8 N–H and O–H groups in total. The van der Waals surface area contributed by atoms with E-state index in [1.807, 2.05) is 18.2 Å². The Morgan fingerprint density at radius 2 is 1.64 bits per heavy atom. The first-order valence-corrected chi connectivity index (χ1v) is 10.9. The lowest BCUT2D eigenvalue weighted by atomic mass is 9.81. The lowest BCUT2D eigenvalue weighted by molar-refractivity contribution is 0.187. The molecule has 2 aromatic rings. The van der Waals surface area contributed by atoms with Crippen LogP contribution in [0.25, 0.3) is 0 Å². The molecule has 0 spiro atoms. The predicted octanol–water partition coefficient (Wildman–Crippen LogP) is -1.60. The molecule has 9 nitrogen and oxygen atoms in total. The molecule has 2 radical (unpaired) electrons. The molecule has 0 amide bonds. The summed E-state index contributed by atoms with van der Waals surface area (Å²) in [6, 6.07) is 10.9. The van der Waals surface area contributed by atoms with Crippen molar-refractivity contribution in [1.29, 1.82) is 0 Å². The molecule has 0 aromatic heterocycles. The average molecular weight is 458 g/mol. The van der Waals surface area contributed by atoms with Gasteiger partial charge in [-0.05, 0) is 34.2 Å². The minimum absolute atomic E-state index is 0.0449. The fourth-order valence-corrected chi connectivity index (χ4v) is 3.24. The highest BCUT2D eigenvalue weighted by molar-refractivity contribution is 6.50. The Morgan fingerprint density at radius 3 is 2.24 bits per heavy atom. The standard InChI is InChI=1S/C11H17BNO4.C11H15BNO3/c13-7-9(15)8-3-1-4-10(11(8)12-16)17-6-2-5-14;13-7-10-8-3-1-4-9(11(8)12-16-10)15-6-2-5-14/h1,3-4,9,14-16H,2,5-7,13H2;1,3-4,10,14H,2,5-7,13H2. The summed E-state index contributed by atoms with van der Waals surface area (Å²) in [5, 5.41) is 36.2. The topological polar surface area (TPSA) is 161 Å². The van der Waals surface area contributed by atoms with Gasteiger partial charge in [0.15, 0.2) is 0 Å². The van der Waals surface area contributed by atoms with Gasteiger partial charge in [0.25, 0.3) is 0 Å². The maximum Gasteiger partial charge on any atom is 0.335 e. The minimum Gasteiger partial charge on any atom is -0.494 e. The molecule has 0 saturated carbocycles. The molecule has 1 heterocycles. The lowest BCUT2D eigenvalue weighted by Gasteiger charge is -2.16. The predicted molar refractivity (Wildman–Crippen MR) is 127 cm³/mol.